The largest absolute Gasteiger partial charge is 0.409 e. The molecule has 0 bridgehead atoms. The number of rotatable bonds is 4. The van der Waals surface area contributed by atoms with Gasteiger partial charge < -0.3 is 16.3 Å². The molecule has 3 rings (SSSR count). The summed E-state index contributed by atoms with van der Waals surface area (Å²) in [7, 11) is 0. The first-order chi connectivity index (χ1) is 11.6. The van der Waals surface area contributed by atoms with Crippen molar-refractivity contribution in [1.82, 2.24) is 30.5 Å². The Kier molecular flexibility index (Phi) is 4.20. The lowest BCUT2D eigenvalue weighted by molar-refractivity contribution is 0.299. The fraction of sp³-hybridized carbons (Fsp3) is 0.0909. The van der Waals surface area contributed by atoms with Crippen molar-refractivity contribution in [3.05, 3.63) is 40.4 Å². The van der Waals surface area contributed by atoms with Gasteiger partial charge in [0.1, 0.15) is 18.1 Å². The zero-order valence-electron chi connectivity index (χ0n) is 11.8. The van der Waals surface area contributed by atoms with Crippen LogP contribution in [0, 0.1) is 5.82 Å². The van der Waals surface area contributed by atoms with Gasteiger partial charge in [0.2, 0.25) is 5.84 Å². The zero-order valence-corrected chi connectivity index (χ0v) is 12.5. The molecule has 24 heavy (non-hydrogen) atoms. The molecule has 2 heterocycles. The molecule has 0 spiro atoms. The lowest BCUT2D eigenvalue weighted by Gasteiger charge is -2.07. The average Bonchev–Trinajstić information content (AvgIpc) is 3.18. The summed E-state index contributed by atoms with van der Waals surface area (Å²) in [6.07, 6.45) is 0. The van der Waals surface area contributed by atoms with Gasteiger partial charge in [-0.05, 0) is 28.6 Å². The van der Waals surface area contributed by atoms with Crippen LogP contribution in [-0.4, -0.2) is 41.6 Å². The molecule has 0 saturated carbocycles. The van der Waals surface area contributed by atoms with Gasteiger partial charge in [-0.3, -0.25) is 0 Å². The Hall–Kier alpha value is -3.28. The maximum Gasteiger partial charge on any atom is 0.260 e. The Balaban J connectivity index is 1.84. The average molecular weight is 354 g/mol. The number of benzene rings is 1. The fourth-order valence-corrected chi connectivity index (χ4v) is 1.97. The fourth-order valence-electron chi connectivity index (χ4n) is 1.79. The molecule has 0 unspecified atom stereocenters. The van der Waals surface area contributed by atoms with Crippen LogP contribution >= 0.6 is 11.6 Å². The molecule has 3 aromatic rings. The number of nitrogens with one attached hydrogen (secondary N) is 1. The number of hydrogen-bond donors (Lipinski definition) is 3. The van der Waals surface area contributed by atoms with Crippen molar-refractivity contribution >= 4 is 29.1 Å². The molecular weight excluding hydrogens is 345 g/mol. The van der Waals surface area contributed by atoms with Gasteiger partial charge in [0.15, 0.2) is 5.69 Å². The molecule has 124 valence electrons. The Bertz CT molecular complexity index is 893. The predicted octanol–water partition coefficient (Wildman–Crippen LogP) is 0.727. The van der Waals surface area contributed by atoms with Crippen LogP contribution in [0.15, 0.2) is 28.0 Å². The van der Waals surface area contributed by atoms with Gasteiger partial charge in [-0.25, -0.2) is 9.02 Å². The van der Waals surface area contributed by atoms with Crippen LogP contribution in [-0.2, 0) is 6.54 Å². The van der Waals surface area contributed by atoms with E-state index in [-0.39, 0.29) is 34.7 Å². The van der Waals surface area contributed by atoms with E-state index in [4.69, 9.17) is 17.3 Å². The number of tetrazole rings is 1. The summed E-state index contributed by atoms with van der Waals surface area (Å²) in [6.45, 7) is 0.0217. The van der Waals surface area contributed by atoms with Crippen molar-refractivity contribution < 1.29 is 14.2 Å². The molecule has 0 amide bonds. The molecule has 0 atom stereocenters. The maximum atomic E-state index is 13.2. The van der Waals surface area contributed by atoms with Crippen LogP contribution in [0.3, 0.4) is 0 Å². The van der Waals surface area contributed by atoms with Crippen molar-refractivity contribution in [2.45, 2.75) is 6.54 Å². The number of nitrogens with two attached hydrogens (primary N) is 1. The van der Waals surface area contributed by atoms with E-state index in [1.165, 1.54) is 12.1 Å². The summed E-state index contributed by atoms with van der Waals surface area (Å²) < 4.78 is 17.8. The third kappa shape index (κ3) is 3.22. The standard InChI is InChI=1S/C11H9ClFN9O2/c12-6-3-5(1-2-7(6)13)15-10(18-23)9-8(19-24-20-9)4-22-17-11(14)16-21-22/h1-3,23H,4H2,(H2,14,17)(H,15,18). The number of halogens is 2. The molecule has 13 heteroatoms. The van der Waals surface area contributed by atoms with Crippen molar-refractivity contribution in [3.63, 3.8) is 0 Å². The van der Waals surface area contributed by atoms with Gasteiger partial charge in [0.25, 0.3) is 5.95 Å². The van der Waals surface area contributed by atoms with Crippen LogP contribution in [0.1, 0.15) is 11.4 Å². The molecule has 11 nitrogen and oxygen atoms in total. The quantitative estimate of drug-likeness (QED) is 0.266. The van der Waals surface area contributed by atoms with Crippen LogP contribution in [0.4, 0.5) is 16.0 Å². The highest BCUT2D eigenvalue weighted by molar-refractivity contribution is 6.31. The Labute approximate surface area is 137 Å². The Morgan fingerprint density at radius 3 is 2.96 bits per heavy atom. The van der Waals surface area contributed by atoms with E-state index in [1.54, 1.807) is 0 Å². The first kappa shape index (κ1) is 15.6. The summed E-state index contributed by atoms with van der Waals surface area (Å²) in [5.74, 6) is -0.687. The predicted molar refractivity (Wildman–Crippen MR) is 79.0 cm³/mol. The monoisotopic (exact) mass is 353 g/mol. The molecular formula is C11H9ClFN9O2. The topological polar surface area (TPSA) is 153 Å². The van der Waals surface area contributed by atoms with Crippen LogP contribution < -0.4 is 11.1 Å². The summed E-state index contributed by atoms with van der Waals surface area (Å²) in [4.78, 5) is 1.15. The highest BCUT2D eigenvalue weighted by Gasteiger charge is 2.19. The second kappa shape index (κ2) is 6.45. The van der Waals surface area contributed by atoms with Gasteiger partial charge in [-0.1, -0.05) is 27.0 Å². The number of amidine groups is 1. The van der Waals surface area contributed by atoms with Crippen molar-refractivity contribution in [3.8, 4) is 0 Å². The smallest absolute Gasteiger partial charge is 0.260 e. The van der Waals surface area contributed by atoms with E-state index in [0.717, 1.165) is 10.9 Å². The number of nitrogen functional groups attached to an aromatic ring is 1. The minimum atomic E-state index is -0.580. The van der Waals surface area contributed by atoms with E-state index in [2.05, 4.69) is 40.8 Å². The number of oxime groups is 1. The molecule has 4 N–H and O–H groups in total. The molecule has 0 aliphatic carbocycles. The second-order valence-corrected chi connectivity index (χ2v) is 4.85. The van der Waals surface area contributed by atoms with Gasteiger partial charge in [0.05, 0.1) is 5.02 Å². The third-order valence-corrected chi connectivity index (χ3v) is 3.11. The third-order valence-electron chi connectivity index (χ3n) is 2.82. The van der Waals surface area contributed by atoms with E-state index in [0.29, 0.717) is 5.69 Å². The van der Waals surface area contributed by atoms with E-state index in [9.17, 15) is 9.60 Å². The minimum absolute atomic E-state index is 0.0110. The van der Waals surface area contributed by atoms with Crippen molar-refractivity contribution in [1.29, 1.82) is 0 Å². The van der Waals surface area contributed by atoms with Crippen molar-refractivity contribution in [2.24, 2.45) is 5.16 Å². The van der Waals surface area contributed by atoms with Gasteiger partial charge >= 0.3 is 0 Å². The van der Waals surface area contributed by atoms with E-state index >= 15 is 0 Å². The second-order valence-electron chi connectivity index (χ2n) is 4.44. The zero-order chi connectivity index (χ0) is 17.1. The highest BCUT2D eigenvalue weighted by atomic mass is 35.5. The summed E-state index contributed by atoms with van der Waals surface area (Å²) in [5, 5.41) is 33.3. The number of aromatic nitrogens is 6. The lowest BCUT2D eigenvalue weighted by atomic mass is 10.2. The molecule has 1 aromatic carbocycles. The Morgan fingerprint density at radius 2 is 2.29 bits per heavy atom. The highest BCUT2D eigenvalue weighted by Crippen LogP contribution is 2.20. The summed E-state index contributed by atoms with van der Waals surface area (Å²) in [5.41, 5.74) is 6.09. The molecule has 2 aromatic heterocycles. The van der Waals surface area contributed by atoms with Gasteiger partial charge in [0, 0.05) is 5.69 Å². The van der Waals surface area contributed by atoms with Crippen molar-refractivity contribution in [2.75, 3.05) is 11.1 Å². The first-order valence-electron chi connectivity index (χ1n) is 6.36. The minimum Gasteiger partial charge on any atom is -0.409 e. The summed E-state index contributed by atoms with van der Waals surface area (Å²) >= 11 is 5.70. The first-order valence-corrected chi connectivity index (χ1v) is 6.74. The molecule has 0 fully saturated rings. The van der Waals surface area contributed by atoms with E-state index < -0.39 is 5.82 Å². The van der Waals surface area contributed by atoms with Gasteiger partial charge in [-0.2, -0.15) is 4.80 Å². The maximum absolute atomic E-state index is 13.2. The number of nitrogens with zero attached hydrogens (tertiary/aromatic N) is 7. The molecule has 0 aliphatic heterocycles. The van der Waals surface area contributed by atoms with Crippen LogP contribution in [0.25, 0.3) is 0 Å². The lowest BCUT2D eigenvalue weighted by Crippen LogP contribution is -2.18. The SMILES string of the molecule is Nc1nnn(Cc2nonc2/C(=N\O)Nc2ccc(F)c(Cl)c2)n1. The molecule has 0 saturated heterocycles. The molecule has 0 radical (unpaired) electrons. The molecule has 0 aliphatic rings. The Morgan fingerprint density at radius 1 is 1.46 bits per heavy atom. The summed E-state index contributed by atoms with van der Waals surface area (Å²) in [6, 6.07) is 3.87. The normalized spacial score (nSPS) is 11.7. The van der Waals surface area contributed by atoms with Crippen LogP contribution in [0.5, 0.6) is 0 Å². The van der Waals surface area contributed by atoms with Gasteiger partial charge in [-0.15, -0.1) is 5.10 Å². The number of hydrogen-bond acceptors (Lipinski definition) is 9. The number of anilines is 2. The van der Waals surface area contributed by atoms with Crippen LogP contribution in [0.2, 0.25) is 5.02 Å². The van der Waals surface area contributed by atoms with E-state index in [1.807, 2.05) is 0 Å².